The molecule has 0 saturated carbocycles. The lowest BCUT2D eigenvalue weighted by atomic mass is 10.0. The van der Waals surface area contributed by atoms with E-state index in [9.17, 15) is 4.79 Å². The van der Waals surface area contributed by atoms with Crippen molar-refractivity contribution in [2.75, 3.05) is 37.4 Å². The number of nitrogens with one attached hydrogen (secondary N) is 1. The van der Waals surface area contributed by atoms with Crippen LogP contribution in [-0.2, 0) is 6.42 Å². The summed E-state index contributed by atoms with van der Waals surface area (Å²) in [4.78, 5) is 17.3. The van der Waals surface area contributed by atoms with Crippen LogP contribution in [0.4, 0.5) is 11.4 Å². The van der Waals surface area contributed by atoms with Gasteiger partial charge in [-0.05, 0) is 74.5 Å². The van der Waals surface area contributed by atoms with E-state index in [2.05, 4.69) is 53.5 Å². The Morgan fingerprint density at radius 2 is 1.60 bits per heavy atom. The Hall–Kier alpha value is -3.11. The summed E-state index contributed by atoms with van der Waals surface area (Å²) in [5.74, 6) is -0.0807. The molecule has 1 heterocycles. The van der Waals surface area contributed by atoms with E-state index in [1.807, 2.05) is 54.6 Å². The summed E-state index contributed by atoms with van der Waals surface area (Å²) in [5.41, 5.74) is 5.17. The van der Waals surface area contributed by atoms with Crippen molar-refractivity contribution in [3.8, 4) is 0 Å². The molecule has 4 heteroatoms. The minimum Gasteiger partial charge on any atom is -0.370 e. The van der Waals surface area contributed by atoms with E-state index in [0.29, 0.717) is 11.6 Å². The van der Waals surface area contributed by atoms with Gasteiger partial charge in [0.25, 0.3) is 5.91 Å². The fraction of sp³-hybridized carbons (Fsp3) is 0.269. The molecular formula is C26H29N3O. The van der Waals surface area contributed by atoms with Gasteiger partial charge in [0.2, 0.25) is 0 Å². The molecule has 4 rings (SSSR count). The topological polar surface area (TPSA) is 35.6 Å². The third-order valence-electron chi connectivity index (χ3n) is 5.85. The molecule has 1 N–H and O–H groups in total. The predicted octanol–water partition coefficient (Wildman–Crippen LogP) is 4.67. The third-order valence-corrected chi connectivity index (χ3v) is 5.85. The van der Waals surface area contributed by atoms with E-state index in [1.165, 1.54) is 23.2 Å². The number of nitrogens with zero attached hydrogens (tertiary/aromatic N) is 2. The number of hydrogen-bond acceptors (Lipinski definition) is 3. The van der Waals surface area contributed by atoms with Crippen molar-refractivity contribution in [1.29, 1.82) is 0 Å². The highest BCUT2D eigenvalue weighted by molar-refractivity contribution is 6.04. The van der Waals surface area contributed by atoms with Crippen LogP contribution < -0.4 is 10.2 Å². The number of amides is 1. The maximum Gasteiger partial charge on any atom is 0.255 e. The highest BCUT2D eigenvalue weighted by atomic mass is 16.1. The normalized spacial score (nSPS) is 16.1. The molecule has 3 aromatic carbocycles. The Bertz CT molecular complexity index is 965. The van der Waals surface area contributed by atoms with Gasteiger partial charge in [-0.3, -0.25) is 4.79 Å². The first-order valence-corrected chi connectivity index (χ1v) is 10.5. The number of hydrogen-bond donors (Lipinski definition) is 1. The fourth-order valence-corrected chi connectivity index (χ4v) is 3.96. The average molecular weight is 400 g/mol. The van der Waals surface area contributed by atoms with Gasteiger partial charge < -0.3 is 15.1 Å². The van der Waals surface area contributed by atoms with Crippen molar-refractivity contribution in [2.24, 2.45) is 0 Å². The Balaban J connectivity index is 1.34. The van der Waals surface area contributed by atoms with E-state index in [4.69, 9.17) is 0 Å². The van der Waals surface area contributed by atoms with Crippen LogP contribution in [0.25, 0.3) is 0 Å². The molecule has 1 aliphatic heterocycles. The van der Waals surface area contributed by atoms with Crippen LogP contribution in [-0.4, -0.2) is 44.0 Å². The van der Waals surface area contributed by atoms with Crippen molar-refractivity contribution < 1.29 is 4.79 Å². The predicted molar refractivity (Wildman–Crippen MR) is 124 cm³/mol. The van der Waals surface area contributed by atoms with Crippen LogP contribution >= 0.6 is 0 Å². The van der Waals surface area contributed by atoms with Crippen LogP contribution in [0.3, 0.4) is 0 Å². The van der Waals surface area contributed by atoms with E-state index in [1.54, 1.807) is 0 Å². The van der Waals surface area contributed by atoms with Crippen molar-refractivity contribution in [3.63, 3.8) is 0 Å². The van der Waals surface area contributed by atoms with Crippen LogP contribution in [0.5, 0.6) is 0 Å². The molecule has 0 radical (unpaired) electrons. The minimum atomic E-state index is -0.0807. The highest BCUT2D eigenvalue weighted by Gasteiger charge is 2.23. The summed E-state index contributed by atoms with van der Waals surface area (Å²) in [6.07, 6.45) is 2.06. The highest BCUT2D eigenvalue weighted by Crippen LogP contribution is 2.24. The van der Waals surface area contributed by atoms with Gasteiger partial charge in [-0.25, -0.2) is 0 Å². The maximum absolute atomic E-state index is 12.6. The second-order valence-electron chi connectivity index (χ2n) is 8.21. The molecule has 4 nitrogen and oxygen atoms in total. The van der Waals surface area contributed by atoms with Gasteiger partial charge in [-0.15, -0.1) is 0 Å². The zero-order valence-electron chi connectivity index (χ0n) is 17.7. The summed E-state index contributed by atoms with van der Waals surface area (Å²) >= 11 is 0. The monoisotopic (exact) mass is 399 g/mol. The Kier molecular flexibility index (Phi) is 6.15. The summed E-state index contributed by atoms with van der Waals surface area (Å²) in [7, 11) is 4.28. The largest absolute Gasteiger partial charge is 0.370 e. The number of carbonyl (C=O) groups excluding carboxylic acids is 1. The Morgan fingerprint density at radius 1 is 0.933 bits per heavy atom. The first kappa shape index (κ1) is 20.2. The fourth-order valence-electron chi connectivity index (χ4n) is 3.96. The third kappa shape index (κ3) is 4.89. The molecule has 1 atom stereocenters. The molecule has 0 bridgehead atoms. The van der Waals surface area contributed by atoms with Crippen molar-refractivity contribution >= 4 is 17.3 Å². The summed E-state index contributed by atoms with van der Waals surface area (Å²) < 4.78 is 0. The zero-order valence-corrected chi connectivity index (χ0v) is 17.7. The number of likely N-dealkylation sites (N-methyl/N-ethyl adjacent to an activating group) is 1. The molecule has 1 amide bonds. The molecule has 1 fully saturated rings. The van der Waals surface area contributed by atoms with Crippen molar-refractivity contribution in [3.05, 3.63) is 95.6 Å². The molecule has 3 aromatic rings. The first-order valence-electron chi connectivity index (χ1n) is 10.5. The van der Waals surface area contributed by atoms with Gasteiger partial charge >= 0.3 is 0 Å². The van der Waals surface area contributed by atoms with Gasteiger partial charge in [0.05, 0.1) is 0 Å². The zero-order chi connectivity index (χ0) is 20.9. The number of rotatable bonds is 6. The Labute approximate surface area is 179 Å². The molecular weight excluding hydrogens is 370 g/mol. The van der Waals surface area contributed by atoms with Gasteiger partial charge in [-0.2, -0.15) is 0 Å². The lowest BCUT2D eigenvalue weighted by Gasteiger charge is -2.22. The molecule has 0 spiro atoms. The Morgan fingerprint density at radius 3 is 2.23 bits per heavy atom. The molecule has 154 valence electrons. The van der Waals surface area contributed by atoms with Gasteiger partial charge in [0.15, 0.2) is 0 Å². The van der Waals surface area contributed by atoms with Crippen molar-refractivity contribution in [1.82, 2.24) is 4.90 Å². The van der Waals surface area contributed by atoms with E-state index < -0.39 is 0 Å². The van der Waals surface area contributed by atoms with E-state index >= 15 is 0 Å². The summed E-state index contributed by atoms with van der Waals surface area (Å²) in [6.45, 7) is 2.12. The van der Waals surface area contributed by atoms with Gasteiger partial charge in [0.1, 0.15) is 0 Å². The van der Waals surface area contributed by atoms with Crippen LogP contribution in [0.1, 0.15) is 27.9 Å². The van der Waals surface area contributed by atoms with Crippen LogP contribution in [0, 0.1) is 0 Å². The molecule has 1 unspecified atom stereocenters. The quantitative estimate of drug-likeness (QED) is 0.654. The first-order chi connectivity index (χ1) is 14.6. The smallest absolute Gasteiger partial charge is 0.255 e. The van der Waals surface area contributed by atoms with Gasteiger partial charge in [0, 0.05) is 36.1 Å². The molecule has 0 aromatic heterocycles. The van der Waals surface area contributed by atoms with Gasteiger partial charge in [-0.1, -0.05) is 42.5 Å². The SMILES string of the molecule is CN(C)C1CCN(c2ccc(NC(=O)c3ccc(Cc4ccccc4)cc3)cc2)C1. The average Bonchev–Trinajstić information content (AvgIpc) is 3.26. The molecule has 0 aliphatic carbocycles. The molecule has 30 heavy (non-hydrogen) atoms. The number of anilines is 2. The number of carbonyl (C=O) groups is 1. The lowest BCUT2D eigenvalue weighted by molar-refractivity contribution is 0.102. The van der Waals surface area contributed by atoms with E-state index in [-0.39, 0.29) is 5.91 Å². The molecule has 1 saturated heterocycles. The van der Waals surface area contributed by atoms with Crippen LogP contribution in [0.15, 0.2) is 78.9 Å². The van der Waals surface area contributed by atoms with Crippen LogP contribution in [0.2, 0.25) is 0 Å². The van der Waals surface area contributed by atoms with Crippen molar-refractivity contribution in [2.45, 2.75) is 18.9 Å². The summed E-state index contributed by atoms with van der Waals surface area (Å²) in [6, 6.07) is 27.0. The second kappa shape index (κ2) is 9.14. The lowest BCUT2D eigenvalue weighted by Crippen LogP contribution is -2.31. The summed E-state index contributed by atoms with van der Waals surface area (Å²) in [5, 5.41) is 3.01. The standard InChI is InChI=1S/C26H29N3O/c1-28(2)25-16-17-29(19-25)24-14-12-23(13-15-24)27-26(30)22-10-8-21(9-11-22)18-20-6-4-3-5-7-20/h3-15,25H,16-19H2,1-2H3,(H,27,30). The minimum absolute atomic E-state index is 0.0807. The molecule has 1 aliphatic rings. The van der Waals surface area contributed by atoms with E-state index in [0.717, 1.165) is 25.2 Å². The second-order valence-corrected chi connectivity index (χ2v) is 8.21. The maximum atomic E-state index is 12.6. The number of benzene rings is 3.